The van der Waals surface area contributed by atoms with Gasteiger partial charge in [0.2, 0.25) is 0 Å². The number of halogens is 2. The summed E-state index contributed by atoms with van der Waals surface area (Å²) in [5.41, 5.74) is 5.46. The number of rotatable bonds is 5. The van der Waals surface area contributed by atoms with Crippen LogP contribution in [0.4, 0.5) is 10.5 Å². The van der Waals surface area contributed by atoms with E-state index in [2.05, 4.69) is 5.32 Å². The van der Waals surface area contributed by atoms with E-state index >= 15 is 0 Å². The van der Waals surface area contributed by atoms with E-state index in [1.165, 1.54) is 12.1 Å². The molecule has 112 valence electrons. The number of nitrogens with two attached hydrogens (primary N) is 1. The number of carbonyl (C=O) groups is 1. The van der Waals surface area contributed by atoms with Gasteiger partial charge in [-0.3, -0.25) is 0 Å². The zero-order valence-electron chi connectivity index (χ0n) is 10.7. The molecule has 1 aromatic carbocycles. The maximum Gasteiger partial charge on any atom is 0.328 e. The lowest BCUT2D eigenvalue weighted by Crippen LogP contribution is -2.40. The van der Waals surface area contributed by atoms with Crippen LogP contribution in [0.5, 0.6) is 0 Å². The van der Waals surface area contributed by atoms with E-state index in [4.69, 9.17) is 28.9 Å². The minimum atomic E-state index is -4.15. The molecular weight excluding hydrogens is 325 g/mol. The second-order valence-corrected chi connectivity index (χ2v) is 6.48. The Hall–Kier alpha value is -1.18. The smallest absolute Gasteiger partial charge is 0.328 e. The van der Waals surface area contributed by atoms with Gasteiger partial charge in [0.25, 0.3) is 10.0 Å². The van der Waals surface area contributed by atoms with Crippen LogP contribution in [0, 0.1) is 0 Å². The number of unbranched alkanes of at least 4 members (excludes halogenated alkanes) is 1. The van der Waals surface area contributed by atoms with Crippen LogP contribution < -0.4 is 15.8 Å². The first kappa shape index (κ1) is 16.9. The van der Waals surface area contributed by atoms with Gasteiger partial charge in [-0.1, -0.05) is 36.5 Å². The molecule has 0 saturated heterocycles. The Balaban J connectivity index is 2.92. The lowest BCUT2D eigenvalue weighted by molar-refractivity contribution is 0.245. The van der Waals surface area contributed by atoms with E-state index in [0.29, 0.717) is 6.54 Å². The summed E-state index contributed by atoms with van der Waals surface area (Å²) >= 11 is 11.5. The van der Waals surface area contributed by atoms with Crippen molar-refractivity contribution in [2.24, 2.45) is 0 Å². The van der Waals surface area contributed by atoms with Crippen molar-refractivity contribution >= 4 is 44.9 Å². The van der Waals surface area contributed by atoms with E-state index in [1.807, 2.05) is 11.6 Å². The Labute approximate surface area is 127 Å². The molecular formula is C11H15Cl2N3O3S. The zero-order chi connectivity index (χ0) is 15.3. The van der Waals surface area contributed by atoms with Crippen LogP contribution in [0.15, 0.2) is 17.0 Å². The summed E-state index contributed by atoms with van der Waals surface area (Å²) in [6.45, 7) is 2.33. The van der Waals surface area contributed by atoms with E-state index in [1.54, 1.807) is 0 Å². The molecule has 6 nitrogen and oxygen atoms in total. The van der Waals surface area contributed by atoms with Crippen LogP contribution >= 0.6 is 23.2 Å². The standard InChI is InChI=1S/C11H15Cl2N3O3S/c1-2-3-4-15-11(17)16-20(18,19)10-8(13)5-7(12)6-9(10)14/h5-6H,2-4,14H2,1H3,(H2,15,16,17). The zero-order valence-corrected chi connectivity index (χ0v) is 13.1. The van der Waals surface area contributed by atoms with Crippen LogP contribution in [-0.4, -0.2) is 21.0 Å². The quantitative estimate of drug-likeness (QED) is 0.566. The minimum Gasteiger partial charge on any atom is -0.398 e. The van der Waals surface area contributed by atoms with E-state index in [9.17, 15) is 13.2 Å². The first-order valence-electron chi connectivity index (χ1n) is 5.83. The highest BCUT2D eigenvalue weighted by Gasteiger charge is 2.24. The normalized spacial score (nSPS) is 11.2. The van der Waals surface area contributed by atoms with Crippen molar-refractivity contribution in [3.8, 4) is 0 Å². The van der Waals surface area contributed by atoms with Gasteiger partial charge in [-0.25, -0.2) is 17.9 Å². The molecule has 1 aromatic rings. The van der Waals surface area contributed by atoms with Gasteiger partial charge in [0, 0.05) is 11.6 Å². The number of urea groups is 1. The van der Waals surface area contributed by atoms with E-state index in [0.717, 1.165) is 12.8 Å². The molecule has 0 bridgehead atoms. The average Bonchev–Trinajstić information content (AvgIpc) is 2.26. The number of nitrogens with one attached hydrogen (secondary N) is 2. The van der Waals surface area contributed by atoms with Gasteiger partial charge in [0.15, 0.2) is 0 Å². The molecule has 0 atom stereocenters. The molecule has 0 saturated carbocycles. The third kappa shape index (κ3) is 4.43. The summed E-state index contributed by atoms with van der Waals surface area (Å²) in [5.74, 6) is 0. The van der Waals surface area contributed by atoms with Gasteiger partial charge >= 0.3 is 6.03 Å². The highest BCUT2D eigenvalue weighted by atomic mass is 35.5. The van der Waals surface area contributed by atoms with Gasteiger partial charge in [0.1, 0.15) is 4.90 Å². The molecule has 0 aliphatic carbocycles. The van der Waals surface area contributed by atoms with Crippen molar-refractivity contribution in [2.75, 3.05) is 12.3 Å². The summed E-state index contributed by atoms with van der Waals surface area (Å²) in [5, 5.41) is 2.48. The number of anilines is 1. The molecule has 20 heavy (non-hydrogen) atoms. The predicted molar refractivity (Wildman–Crippen MR) is 79.5 cm³/mol. The second-order valence-electron chi connectivity index (χ2n) is 4.02. The van der Waals surface area contributed by atoms with E-state index in [-0.39, 0.29) is 20.6 Å². The van der Waals surface area contributed by atoms with Crippen molar-refractivity contribution < 1.29 is 13.2 Å². The molecule has 2 amide bonds. The molecule has 0 unspecified atom stereocenters. The third-order valence-corrected chi connectivity index (χ3v) is 4.42. The molecule has 0 radical (unpaired) electrons. The molecule has 1 rings (SSSR count). The highest BCUT2D eigenvalue weighted by molar-refractivity contribution is 7.90. The molecule has 0 aliphatic heterocycles. The van der Waals surface area contributed by atoms with Gasteiger partial charge in [-0.2, -0.15) is 0 Å². The van der Waals surface area contributed by atoms with Crippen molar-refractivity contribution in [3.63, 3.8) is 0 Å². The highest BCUT2D eigenvalue weighted by Crippen LogP contribution is 2.30. The van der Waals surface area contributed by atoms with E-state index < -0.39 is 16.1 Å². The summed E-state index contributed by atoms with van der Waals surface area (Å²) in [6, 6.07) is 1.66. The topological polar surface area (TPSA) is 101 Å². The number of benzene rings is 1. The van der Waals surface area contributed by atoms with Crippen molar-refractivity contribution in [2.45, 2.75) is 24.7 Å². The lowest BCUT2D eigenvalue weighted by Gasteiger charge is -2.11. The summed E-state index contributed by atoms with van der Waals surface area (Å²) in [6.07, 6.45) is 1.63. The second kappa shape index (κ2) is 7.01. The van der Waals surface area contributed by atoms with Crippen molar-refractivity contribution in [1.82, 2.24) is 10.0 Å². The fraction of sp³-hybridized carbons (Fsp3) is 0.364. The molecule has 9 heteroatoms. The Bertz CT molecular complexity index is 582. The Kier molecular flexibility index (Phi) is 5.91. The molecule has 0 aromatic heterocycles. The Morgan fingerprint density at radius 2 is 2.00 bits per heavy atom. The van der Waals surface area contributed by atoms with Crippen molar-refractivity contribution in [1.29, 1.82) is 0 Å². The average molecular weight is 340 g/mol. The Morgan fingerprint density at radius 1 is 1.35 bits per heavy atom. The Morgan fingerprint density at radius 3 is 2.55 bits per heavy atom. The summed E-state index contributed by atoms with van der Waals surface area (Å²) in [7, 11) is -4.15. The van der Waals surface area contributed by atoms with Crippen LogP contribution in [0.2, 0.25) is 10.0 Å². The van der Waals surface area contributed by atoms with Crippen LogP contribution in [0.25, 0.3) is 0 Å². The fourth-order valence-electron chi connectivity index (χ4n) is 1.45. The third-order valence-electron chi connectivity index (χ3n) is 2.35. The molecule has 4 N–H and O–H groups in total. The predicted octanol–water partition coefficient (Wildman–Crippen LogP) is 2.36. The number of amides is 2. The van der Waals surface area contributed by atoms with Crippen molar-refractivity contribution in [3.05, 3.63) is 22.2 Å². The minimum absolute atomic E-state index is 0.128. The number of hydrogen-bond donors (Lipinski definition) is 3. The SMILES string of the molecule is CCCCNC(=O)NS(=O)(=O)c1c(N)cc(Cl)cc1Cl. The molecule has 0 heterocycles. The van der Waals surface area contributed by atoms with Crippen LogP contribution in [-0.2, 0) is 10.0 Å². The fourth-order valence-corrected chi connectivity index (χ4v) is 3.37. The maximum absolute atomic E-state index is 12.0. The van der Waals surface area contributed by atoms with Crippen LogP contribution in [0.3, 0.4) is 0 Å². The maximum atomic E-state index is 12.0. The number of hydrogen-bond acceptors (Lipinski definition) is 4. The molecule has 0 fully saturated rings. The lowest BCUT2D eigenvalue weighted by atomic mass is 10.3. The van der Waals surface area contributed by atoms with Gasteiger partial charge in [0.05, 0.1) is 10.7 Å². The first-order chi connectivity index (χ1) is 9.27. The molecule has 0 aliphatic rings. The monoisotopic (exact) mass is 339 g/mol. The van der Waals surface area contributed by atoms with Crippen LogP contribution in [0.1, 0.15) is 19.8 Å². The number of sulfonamides is 1. The molecule has 0 spiro atoms. The number of nitrogen functional groups attached to an aromatic ring is 1. The van der Waals surface area contributed by atoms with Gasteiger partial charge in [-0.05, 0) is 18.6 Å². The van der Waals surface area contributed by atoms with Gasteiger partial charge < -0.3 is 11.1 Å². The largest absolute Gasteiger partial charge is 0.398 e. The number of carbonyl (C=O) groups excluding carboxylic acids is 1. The summed E-state index contributed by atoms with van der Waals surface area (Å²) in [4.78, 5) is 11.1. The van der Waals surface area contributed by atoms with Gasteiger partial charge in [-0.15, -0.1) is 0 Å². The first-order valence-corrected chi connectivity index (χ1v) is 8.07. The summed E-state index contributed by atoms with van der Waals surface area (Å²) < 4.78 is 25.9.